The molecule has 0 radical (unpaired) electrons. The Bertz CT molecular complexity index is 719. The summed E-state index contributed by atoms with van der Waals surface area (Å²) in [6.07, 6.45) is -0.982. The molecule has 0 aliphatic carbocycles. The van der Waals surface area contributed by atoms with Gasteiger partial charge in [0.1, 0.15) is 18.4 Å². The van der Waals surface area contributed by atoms with Gasteiger partial charge in [0.2, 0.25) is 0 Å². The maximum absolute atomic E-state index is 11.5. The van der Waals surface area contributed by atoms with E-state index in [1.807, 2.05) is 12.1 Å². The lowest BCUT2D eigenvalue weighted by molar-refractivity contribution is 0.0521. The van der Waals surface area contributed by atoms with E-state index in [9.17, 15) is 4.79 Å². The highest BCUT2D eigenvalue weighted by atomic mass is 16.8. The summed E-state index contributed by atoms with van der Waals surface area (Å²) in [6, 6.07) is 17.6. The minimum atomic E-state index is -0.982. The molecule has 6 nitrogen and oxygen atoms in total. The number of oxime groups is 1. The lowest BCUT2D eigenvalue weighted by atomic mass is 10.1. The van der Waals surface area contributed by atoms with E-state index in [2.05, 4.69) is 9.99 Å². The Balaban J connectivity index is 1.89. The summed E-state index contributed by atoms with van der Waals surface area (Å²) in [5.74, 6) is 0.711. The van der Waals surface area contributed by atoms with Crippen LogP contribution in [0.2, 0.25) is 0 Å². The van der Waals surface area contributed by atoms with Gasteiger partial charge in [-0.1, -0.05) is 47.6 Å². The van der Waals surface area contributed by atoms with Gasteiger partial charge in [0.25, 0.3) is 0 Å². The number of rotatable bonds is 5. The van der Waals surface area contributed by atoms with E-state index in [0.717, 1.165) is 5.56 Å². The summed E-state index contributed by atoms with van der Waals surface area (Å²) < 4.78 is 9.95. The van der Waals surface area contributed by atoms with Crippen LogP contribution in [-0.4, -0.2) is 19.0 Å². The van der Waals surface area contributed by atoms with Crippen molar-refractivity contribution in [2.45, 2.75) is 6.61 Å². The molecule has 2 rings (SSSR count). The van der Waals surface area contributed by atoms with Crippen molar-refractivity contribution in [3.63, 3.8) is 0 Å². The maximum atomic E-state index is 11.5. The standard InChI is InChI=1S/C17H14N2O4/c1-21-15-9-7-13(8-10-15)12-22-17(20)23-19-16(11-18)14-5-3-2-4-6-14/h2-10H,12H2,1H3. The third kappa shape index (κ3) is 4.86. The molecule has 0 heterocycles. The lowest BCUT2D eigenvalue weighted by Gasteiger charge is -2.04. The van der Waals surface area contributed by atoms with E-state index in [1.54, 1.807) is 55.6 Å². The molecule has 0 saturated heterocycles. The second-order valence-corrected chi connectivity index (χ2v) is 4.40. The lowest BCUT2D eigenvalue weighted by Crippen LogP contribution is -2.06. The molecular formula is C17H14N2O4. The zero-order valence-corrected chi connectivity index (χ0v) is 12.4. The Hall–Kier alpha value is -3.33. The first-order valence-electron chi connectivity index (χ1n) is 6.73. The summed E-state index contributed by atoms with van der Waals surface area (Å²) in [7, 11) is 1.57. The zero-order chi connectivity index (χ0) is 16.5. The van der Waals surface area contributed by atoms with Gasteiger partial charge in [-0.25, -0.2) is 4.79 Å². The number of ether oxygens (including phenoxy) is 2. The number of carbonyl (C=O) groups is 1. The Labute approximate surface area is 133 Å². The van der Waals surface area contributed by atoms with Gasteiger partial charge in [0, 0.05) is 5.56 Å². The van der Waals surface area contributed by atoms with Gasteiger partial charge in [-0.15, -0.1) is 0 Å². The predicted molar refractivity (Wildman–Crippen MR) is 82.9 cm³/mol. The third-order valence-corrected chi connectivity index (χ3v) is 2.88. The first kappa shape index (κ1) is 16.0. The molecule has 0 aliphatic heterocycles. The fourth-order valence-corrected chi connectivity index (χ4v) is 1.71. The van der Waals surface area contributed by atoms with E-state index in [1.165, 1.54) is 0 Å². The molecule has 0 amide bonds. The molecule has 0 N–H and O–H groups in total. The van der Waals surface area contributed by atoms with Crippen LogP contribution in [-0.2, 0) is 16.2 Å². The topological polar surface area (TPSA) is 80.9 Å². The van der Waals surface area contributed by atoms with E-state index < -0.39 is 6.16 Å². The first-order chi connectivity index (χ1) is 11.2. The number of methoxy groups -OCH3 is 1. The summed E-state index contributed by atoms with van der Waals surface area (Å²) in [4.78, 5) is 16.1. The van der Waals surface area contributed by atoms with Crippen LogP contribution in [0.15, 0.2) is 59.8 Å². The van der Waals surface area contributed by atoms with Crippen molar-refractivity contribution in [1.82, 2.24) is 0 Å². The second-order valence-electron chi connectivity index (χ2n) is 4.40. The highest BCUT2D eigenvalue weighted by molar-refractivity contribution is 6.11. The number of carbonyl (C=O) groups excluding carboxylic acids is 1. The van der Waals surface area contributed by atoms with Gasteiger partial charge in [0.05, 0.1) is 7.11 Å². The fraction of sp³-hybridized carbons (Fsp3) is 0.118. The van der Waals surface area contributed by atoms with E-state index in [-0.39, 0.29) is 12.3 Å². The van der Waals surface area contributed by atoms with Crippen LogP contribution in [0.5, 0.6) is 5.75 Å². The van der Waals surface area contributed by atoms with Crippen LogP contribution < -0.4 is 4.74 Å². The molecule has 0 bridgehead atoms. The minimum absolute atomic E-state index is 0.00741. The van der Waals surface area contributed by atoms with E-state index >= 15 is 0 Å². The van der Waals surface area contributed by atoms with Crippen LogP contribution in [0, 0.1) is 11.3 Å². The number of benzene rings is 2. The van der Waals surface area contributed by atoms with Crippen molar-refractivity contribution >= 4 is 11.9 Å². The third-order valence-electron chi connectivity index (χ3n) is 2.88. The molecule has 6 heteroatoms. The Kier molecular flexibility index (Phi) is 5.72. The molecule has 0 unspecified atom stereocenters. The summed E-state index contributed by atoms with van der Waals surface area (Å²) in [5.41, 5.74) is 1.32. The quantitative estimate of drug-likeness (QED) is 0.366. The highest BCUT2D eigenvalue weighted by Crippen LogP contribution is 2.12. The summed E-state index contributed by atoms with van der Waals surface area (Å²) >= 11 is 0. The molecule has 0 aliphatic rings. The van der Waals surface area contributed by atoms with Gasteiger partial charge < -0.3 is 9.47 Å². The second kappa shape index (κ2) is 8.20. The van der Waals surface area contributed by atoms with E-state index in [4.69, 9.17) is 14.7 Å². The molecule has 0 saturated carbocycles. The monoisotopic (exact) mass is 310 g/mol. The number of nitrogens with zero attached hydrogens (tertiary/aromatic N) is 2. The maximum Gasteiger partial charge on any atom is 0.535 e. The SMILES string of the molecule is COc1ccc(COC(=O)ON=C(C#N)c2ccccc2)cc1. The molecule has 0 aromatic heterocycles. The van der Waals surface area contributed by atoms with Crippen molar-refractivity contribution in [2.24, 2.45) is 5.16 Å². The van der Waals surface area contributed by atoms with Gasteiger partial charge in [-0.3, -0.25) is 4.84 Å². The van der Waals surface area contributed by atoms with Crippen LogP contribution >= 0.6 is 0 Å². The van der Waals surface area contributed by atoms with E-state index in [0.29, 0.717) is 11.3 Å². The summed E-state index contributed by atoms with van der Waals surface area (Å²) in [5, 5.41) is 12.5. The Morgan fingerprint density at radius 3 is 2.43 bits per heavy atom. The van der Waals surface area contributed by atoms with Crippen molar-refractivity contribution in [2.75, 3.05) is 7.11 Å². The smallest absolute Gasteiger partial charge is 0.497 e. The minimum Gasteiger partial charge on any atom is -0.497 e. The molecule has 116 valence electrons. The zero-order valence-electron chi connectivity index (χ0n) is 12.4. The van der Waals surface area contributed by atoms with Gasteiger partial charge in [0.15, 0.2) is 5.71 Å². The van der Waals surface area contributed by atoms with Crippen LogP contribution in [0.4, 0.5) is 4.79 Å². The van der Waals surface area contributed by atoms with Crippen molar-refractivity contribution in [3.8, 4) is 11.8 Å². The normalized spacial score (nSPS) is 10.5. The van der Waals surface area contributed by atoms with Crippen LogP contribution in [0.25, 0.3) is 0 Å². The fourth-order valence-electron chi connectivity index (χ4n) is 1.71. The predicted octanol–water partition coefficient (Wildman–Crippen LogP) is 3.28. The molecular weight excluding hydrogens is 296 g/mol. The van der Waals surface area contributed by atoms with Crippen molar-refractivity contribution < 1.29 is 19.1 Å². The van der Waals surface area contributed by atoms with Crippen LogP contribution in [0.1, 0.15) is 11.1 Å². The van der Waals surface area contributed by atoms with Gasteiger partial charge in [-0.2, -0.15) is 5.26 Å². The van der Waals surface area contributed by atoms with Crippen molar-refractivity contribution in [3.05, 3.63) is 65.7 Å². The molecule has 23 heavy (non-hydrogen) atoms. The van der Waals surface area contributed by atoms with Gasteiger partial charge >= 0.3 is 6.16 Å². The van der Waals surface area contributed by atoms with Crippen molar-refractivity contribution in [1.29, 1.82) is 5.26 Å². The number of hydrogen-bond acceptors (Lipinski definition) is 6. The molecule has 2 aromatic rings. The average Bonchev–Trinajstić information content (AvgIpc) is 2.62. The first-order valence-corrected chi connectivity index (χ1v) is 6.73. The number of hydrogen-bond donors (Lipinski definition) is 0. The highest BCUT2D eigenvalue weighted by Gasteiger charge is 2.07. The molecule has 0 fully saturated rings. The molecule has 2 aromatic carbocycles. The largest absolute Gasteiger partial charge is 0.535 e. The number of nitriles is 1. The Morgan fingerprint density at radius 2 is 1.83 bits per heavy atom. The average molecular weight is 310 g/mol. The van der Waals surface area contributed by atoms with Gasteiger partial charge in [-0.05, 0) is 17.7 Å². The summed E-state index contributed by atoms with van der Waals surface area (Å²) in [6.45, 7) is 0.0333. The Morgan fingerprint density at radius 1 is 1.13 bits per heavy atom. The van der Waals surface area contributed by atoms with Crippen LogP contribution in [0.3, 0.4) is 0 Å². The molecule has 0 atom stereocenters. The molecule has 0 spiro atoms.